The van der Waals surface area contributed by atoms with Crippen LogP contribution in [0.2, 0.25) is 0 Å². The molecule has 4 aliphatic carbocycles. The summed E-state index contributed by atoms with van der Waals surface area (Å²) in [6, 6.07) is 73.8. The minimum atomic E-state index is 0.437. The molecule has 3 heteroatoms. The van der Waals surface area contributed by atoms with Crippen LogP contribution < -0.4 is 9.80 Å². The third-order valence-corrected chi connectivity index (χ3v) is 15.4. The Kier molecular flexibility index (Phi) is 8.92. The summed E-state index contributed by atoms with van der Waals surface area (Å²) in [6.07, 6.45) is 8.70. The molecule has 0 unspecified atom stereocenters. The van der Waals surface area contributed by atoms with Gasteiger partial charge >= 0.3 is 0 Å². The van der Waals surface area contributed by atoms with E-state index in [0.717, 1.165) is 51.9 Å². The predicted molar refractivity (Wildman–Crippen MR) is 259 cm³/mol. The number of rotatable bonds is 9. The summed E-state index contributed by atoms with van der Waals surface area (Å²) in [5.41, 5.74) is 13.8. The van der Waals surface area contributed by atoms with Crippen LogP contribution in [0.4, 0.5) is 34.1 Å². The van der Waals surface area contributed by atoms with E-state index in [-0.39, 0.29) is 0 Å². The lowest BCUT2D eigenvalue weighted by Crippen LogP contribution is -2.48. The number of anilines is 6. The Bertz CT molecular complexity index is 2930. The summed E-state index contributed by atoms with van der Waals surface area (Å²) in [4.78, 5) is 4.72. The van der Waals surface area contributed by atoms with Gasteiger partial charge in [0.1, 0.15) is 0 Å². The van der Waals surface area contributed by atoms with Crippen molar-refractivity contribution in [2.24, 2.45) is 17.8 Å². The second-order valence-corrected chi connectivity index (χ2v) is 19.1. The Morgan fingerprint density at radius 1 is 0.344 bits per heavy atom. The highest BCUT2D eigenvalue weighted by Gasteiger charge is 2.51. The minimum absolute atomic E-state index is 0.437. The molecule has 0 amide bonds. The fourth-order valence-corrected chi connectivity index (χ4v) is 12.9. The number of para-hydroxylation sites is 2. The van der Waals surface area contributed by atoms with Gasteiger partial charge in [-0.15, -0.1) is 11.3 Å². The van der Waals surface area contributed by atoms with E-state index in [1.54, 1.807) is 5.56 Å². The standard InChI is InChI=1S/C58H48N2S/c1-3-9-48(10-4-1)59(50-25-17-44(18-26-50)43-15-23-47(24-16-43)58-37-40-33-41(38-58)35-42(34-40)39-58)51-27-19-45(20-28-51)46-21-29-52(30-22-46)60(49-11-5-2-6-12-49)53-31-32-55-54-13-7-8-14-56(54)61-57(55)36-53/h1-32,36,40-42H,33-35,37-39H2. The second kappa shape index (κ2) is 14.9. The fourth-order valence-electron chi connectivity index (χ4n) is 11.8. The van der Waals surface area contributed by atoms with E-state index in [4.69, 9.17) is 0 Å². The number of hydrogen-bond acceptors (Lipinski definition) is 3. The van der Waals surface area contributed by atoms with Crippen molar-refractivity contribution in [3.8, 4) is 22.3 Å². The number of hydrogen-bond donors (Lipinski definition) is 0. The van der Waals surface area contributed by atoms with E-state index in [1.807, 2.05) is 11.3 Å². The maximum atomic E-state index is 2.47. The third kappa shape index (κ3) is 6.63. The van der Waals surface area contributed by atoms with E-state index in [2.05, 4.69) is 210 Å². The molecule has 13 rings (SSSR count). The fraction of sp³-hybridized carbons (Fsp3) is 0.172. The molecule has 1 aromatic heterocycles. The Balaban J connectivity index is 0.810. The molecule has 8 aromatic carbocycles. The number of benzene rings is 8. The zero-order valence-corrected chi connectivity index (χ0v) is 35.1. The summed E-state index contributed by atoms with van der Waals surface area (Å²) in [5.74, 6) is 2.89. The third-order valence-electron chi connectivity index (χ3n) is 14.2. The Hall–Kier alpha value is -6.42. The quantitative estimate of drug-likeness (QED) is 0.143. The van der Waals surface area contributed by atoms with Crippen LogP contribution in [-0.4, -0.2) is 0 Å². The summed E-state index contributed by atoms with van der Waals surface area (Å²) in [5, 5.41) is 2.63. The zero-order chi connectivity index (χ0) is 40.3. The molecule has 4 saturated carbocycles. The van der Waals surface area contributed by atoms with Gasteiger partial charge in [-0.25, -0.2) is 0 Å². The van der Waals surface area contributed by atoms with Gasteiger partial charge in [-0.2, -0.15) is 0 Å². The summed E-state index contributed by atoms with van der Waals surface area (Å²) in [6.45, 7) is 0. The molecule has 296 valence electrons. The largest absolute Gasteiger partial charge is 0.311 e. The van der Waals surface area contributed by atoms with Crippen LogP contribution in [0.5, 0.6) is 0 Å². The van der Waals surface area contributed by atoms with Crippen LogP contribution in [0.1, 0.15) is 44.1 Å². The van der Waals surface area contributed by atoms with Crippen LogP contribution in [0.3, 0.4) is 0 Å². The van der Waals surface area contributed by atoms with Gasteiger partial charge < -0.3 is 9.80 Å². The van der Waals surface area contributed by atoms with Crippen molar-refractivity contribution in [1.82, 2.24) is 0 Å². The molecule has 0 radical (unpaired) electrons. The van der Waals surface area contributed by atoms with E-state index < -0.39 is 0 Å². The first-order valence-electron chi connectivity index (χ1n) is 22.2. The number of nitrogens with zero attached hydrogens (tertiary/aromatic N) is 2. The van der Waals surface area contributed by atoms with E-state index >= 15 is 0 Å². The summed E-state index contributed by atoms with van der Waals surface area (Å²) < 4.78 is 2.62. The van der Waals surface area contributed by atoms with Gasteiger partial charge in [0.15, 0.2) is 0 Å². The molecule has 0 spiro atoms. The van der Waals surface area contributed by atoms with Crippen molar-refractivity contribution in [3.05, 3.63) is 206 Å². The highest BCUT2D eigenvalue weighted by Crippen LogP contribution is 2.60. The van der Waals surface area contributed by atoms with Crippen molar-refractivity contribution in [2.75, 3.05) is 9.80 Å². The monoisotopic (exact) mass is 804 g/mol. The molecule has 0 saturated heterocycles. The molecule has 4 fully saturated rings. The van der Waals surface area contributed by atoms with Crippen LogP contribution in [0.15, 0.2) is 200 Å². The lowest BCUT2D eigenvalue weighted by molar-refractivity contribution is -0.00518. The van der Waals surface area contributed by atoms with Crippen molar-refractivity contribution < 1.29 is 0 Å². The van der Waals surface area contributed by atoms with Crippen molar-refractivity contribution in [3.63, 3.8) is 0 Å². The summed E-state index contributed by atoms with van der Waals surface area (Å²) in [7, 11) is 0. The normalized spacial score (nSPS) is 20.3. The molecular formula is C58H48N2S. The molecule has 0 aliphatic heterocycles. The maximum Gasteiger partial charge on any atom is 0.0476 e. The van der Waals surface area contributed by atoms with Crippen molar-refractivity contribution >= 4 is 65.6 Å². The highest BCUT2D eigenvalue weighted by atomic mass is 32.1. The van der Waals surface area contributed by atoms with Gasteiger partial charge in [0.25, 0.3) is 0 Å². The summed E-state index contributed by atoms with van der Waals surface area (Å²) >= 11 is 1.86. The Morgan fingerprint density at radius 3 is 1.21 bits per heavy atom. The highest BCUT2D eigenvalue weighted by molar-refractivity contribution is 7.25. The first-order valence-corrected chi connectivity index (χ1v) is 23.0. The van der Waals surface area contributed by atoms with Gasteiger partial charge in [0.2, 0.25) is 0 Å². The molecule has 9 aromatic rings. The van der Waals surface area contributed by atoms with Gasteiger partial charge in [-0.05, 0) is 168 Å². The number of fused-ring (bicyclic) bond motifs is 3. The van der Waals surface area contributed by atoms with Gasteiger partial charge in [-0.1, -0.05) is 121 Å². The molecule has 1 heterocycles. The van der Waals surface area contributed by atoms with E-state index in [1.165, 1.54) is 81.0 Å². The van der Waals surface area contributed by atoms with Crippen molar-refractivity contribution in [2.45, 2.75) is 43.9 Å². The molecule has 0 atom stereocenters. The molecule has 0 N–H and O–H groups in total. The molecule has 4 bridgehead atoms. The first-order chi connectivity index (χ1) is 30.1. The molecular weight excluding hydrogens is 757 g/mol. The Morgan fingerprint density at radius 2 is 0.721 bits per heavy atom. The molecule has 2 nitrogen and oxygen atoms in total. The van der Waals surface area contributed by atoms with Gasteiger partial charge in [0.05, 0.1) is 0 Å². The van der Waals surface area contributed by atoms with Crippen molar-refractivity contribution in [1.29, 1.82) is 0 Å². The predicted octanol–water partition coefficient (Wildman–Crippen LogP) is 16.8. The topological polar surface area (TPSA) is 6.48 Å². The minimum Gasteiger partial charge on any atom is -0.311 e. The SMILES string of the molecule is c1ccc(N(c2ccc(-c3ccc(N(c4ccccc4)c4ccc5c(c4)sc4ccccc45)cc3)cc2)c2ccc(-c3ccc(C45CC6CC(CC(C6)C4)C5)cc3)cc2)cc1. The Labute approximate surface area is 363 Å². The van der Waals surface area contributed by atoms with Crippen LogP contribution >= 0.6 is 11.3 Å². The van der Waals surface area contributed by atoms with Gasteiger partial charge in [0, 0.05) is 54.3 Å². The van der Waals surface area contributed by atoms with Gasteiger partial charge in [-0.3, -0.25) is 0 Å². The van der Waals surface area contributed by atoms with Crippen LogP contribution in [0, 0.1) is 17.8 Å². The molecule has 61 heavy (non-hydrogen) atoms. The smallest absolute Gasteiger partial charge is 0.0476 e. The first kappa shape index (κ1) is 36.4. The average Bonchev–Trinajstić information content (AvgIpc) is 3.68. The lowest BCUT2D eigenvalue weighted by atomic mass is 9.48. The molecule has 4 aliphatic rings. The van der Waals surface area contributed by atoms with Crippen LogP contribution in [0.25, 0.3) is 42.4 Å². The second-order valence-electron chi connectivity index (χ2n) is 18.0. The number of thiophene rings is 1. The zero-order valence-electron chi connectivity index (χ0n) is 34.3. The maximum absolute atomic E-state index is 2.47. The van der Waals surface area contributed by atoms with E-state index in [0.29, 0.717) is 5.41 Å². The van der Waals surface area contributed by atoms with E-state index in [9.17, 15) is 0 Å². The average molecular weight is 805 g/mol. The lowest BCUT2D eigenvalue weighted by Gasteiger charge is -2.57. The van der Waals surface area contributed by atoms with Crippen LogP contribution in [-0.2, 0) is 5.41 Å².